The highest BCUT2D eigenvalue weighted by Gasteiger charge is 2.29. The van der Waals surface area contributed by atoms with E-state index in [1.54, 1.807) is 6.07 Å². The SMILES string of the molecule is Cc1ccc(F)cc1C(=O)N1CCC[C@H](c2nccn2CC2CCC2)C1. The second-order valence-corrected chi connectivity index (χ2v) is 7.78. The second-order valence-electron chi connectivity index (χ2n) is 7.78. The molecule has 5 heteroatoms. The zero-order valence-corrected chi connectivity index (χ0v) is 15.3. The van der Waals surface area contributed by atoms with Gasteiger partial charge < -0.3 is 9.47 Å². The van der Waals surface area contributed by atoms with E-state index in [0.29, 0.717) is 12.1 Å². The third-order valence-electron chi connectivity index (χ3n) is 5.93. The topological polar surface area (TPSA) is 38.1 Å². The molecule has 1 saturated carbocycles. The Kier molecular flexibility index (Phi) is 4.79. The van der Waals surface area contributed by atoms with Gasteiger partial charge in [-0.05, 0) is 56.2 Å². The van der Waals surface area contributed by atoms with Crippen LogP contribution in [-0.2, 0) is 6.54 Å². The van der Waals surface area contributed by atoms with E-state index in [1.165, 1.54) is 31.4 Å². The van der Waals surface area contributed by atoms with Crippen LogP contribution in [0.5, 0.6) is 0 Å². The van der Waals surface area contributed by atoms with Crippen molar-refractivity contribution in [2.45, 2.75) is 51.5 Å². The maximum absolute atomic E-state index is 13.6. The van der Waals surface area contributed by atoms with Crippen LogP contribution in [0.25, 0.3) is 0 Å². The Morgan fingerprint density at radius 3 is 2.88 bits per heavy atom. The number of likely N-dealkylation sites (tertiary alicyclic amines) is 1. The zero-order chi connectivity index (χ0) is 18.1. The summed E-state index contributed by atoms with van der Waals surface area (Å²) in [5.74, 6) is 1.72. The largest absolute Gasteiger partial charge is 0.338 e. The molecule has 1 atom stereocenters. The lowest BCUT2D eigenvalue weighted by Gasteiger charge is -2.34. The number of imidazole rings is 1. The molecule has 4 nitrogen and oxygen atoms in total. The first-order chi connectivity index (χ1) is 12.6. The minimum atomic E-state index is -0.358. The maximum Gasteiger partial charge on any atom is 0.254 e. The first-order valence-corrected chi connectivity index (χ1v) is 9.68. The molecule has 2 heterocycles. The predicted octanol–water partition coefficient (Wildman–Crippen LogP) is 4.15. The molecule has 2 fully saturated rings. The quantitative estimate of drug-likeness (QED) is 0.826. The third kappa shape index (κ3) is 3.39. The number of nitrogens with zero attached hydrogens (tertiary/aromatic N) is 3. The molecule has 0 radical (unpaired) electrons. The second kappa shape index (κ2) is 7.22. The van der Waals surface area contributed by atoms with Crippen LogP contribution >= 0.6 is 0 Å². The van der Waals surface area contributed by atoms with E-state index in [4.69, 9.17) is 0 Å². The number of hydrogen-bond acceptors (Lipinski definition) is 2. The van der Waals surface area contributed by atoms with Crippen molar-refractivity contribution in [2.24, 2.45) is 5.92 Å². The van der Waals surface area contributed by atoms with E-state index in [0.717, 1.165) is 43.2 Å². The molecular formula is C21H26FN3O. The number of benzene rings is 1. The average Bonchev–Trinajstić information content (AvgIpc) is 3.08. The fourth-order valence-corrected chi connectivity index (χ4v) is 4.16. The molecule has 0 spiro atoms. The Balaban J connectivity index is 1.50. The molecule has 1 aromatic carbocycles. The Morgan fingerprint density at radius 2 is 2.12 bits per heavy atom. The van der Waals surface area contributed by atoms with Gasteiger partial charge in [0, 0.05) is 43.5 Å². The van der Waals surface area contributed by atoms with E-state index in [2.05, 4.69) is 15.7 Å². The average molecular weight is 355 g/mol. The lowest BCUT2D eigenvalue weighted by Crippen LogP contribution is -2.40. The summed E-state index contributed by atoms with van der Waals surface area (Å²) in [4.78, 5) is 19.4. The van der Waals surface area contributed by atoms with Crippen LogP contribution in [0.2, 0.25) is 0 Å². The number of carbonyl (C=O) groups is 1. The minimum absolute atomic E-state index is 0.0659. The van der Waals surface area contributed by atoms with E-state index in [-0.39, 0.29) is 17.6 Å². The van der Waals surface area contributed by atoms with E-state index < -0.39 is 0 Å². The molecule has 1 aromatic heterocycles. The van der Waals surface area contributed by atoms with Gasteiger partial charge in [0.2, 0.25) is 0 Å². The van der Waals surface area contributed by atoms with E-state index in [9.17, 15) is 9.18 Å². The normalized spacial score (nSPS) is 20.8. The Bertz CT molecular complexity index is 796. The maximum atomic E-state index is 13.6. The Morgan fingerprint density at radius 1 is 1.27 bits per heavy atom. The standard InChI is InChI=1S/C21H26FN3O/c1-15-7-8-18(22)12-19(15)21(26)25-10-3-6-17(14-25)20-23-9-11-24(20)13-16-4-2-5-16/h7-9,11-12,16-17H,2-6,10,13-14H2,1H3/t17-/m0/s1. The number of aryl methyl sites for hydroxylation is 1. The van der Waals surface area contributed by atoms with Crippen molar-refractivity contribution < 1.29 is 9.18 Å². The smallest absolute Gasteiger partial charge is 0.254 e. The highest BCUT2D eigenvalue weighted by Crippen LogP contribution is 2.31. The fourth-order valence-electron chi connectivity index (χ4n) is 4.16. The Labute approximate surface area is 154 Å². The lowest BCUT2D eigenvalue weighted by molar-refractivity contribution is 0.0701. The zero-order valence-electron chi connectivity index (χ0n) is 15.3. The number of aromatic nitrogens is 2. The molecule has 138 valence electrons. The first-order valence-electron chi connectivity index (χ1n) is 9.68. The number of hydrogen-bond donors (Lipinski definition) is 0. The van der Waals surface area contributed by atoms with Crippen molar-refractivity contribution in [2.75, 3.05) is 13.1 Å². The van der Waals surface area contributed by atoms with Crippen LogP contribution in [0.1, 0.15) is 59.8 Å². The van der Waals surface area contributed by atoms with Gasteiger partial charge in [-0.2, -0.15) is 0 Å². The summed E-state index contributed by atoms with van der Waals surface area (Å²) < 4.78 is 15.9. The summed E-state index contributed by atoms with van der Waals surface area (Å²) in [6.45, 7) is 4.30. The van der Waals surface area contributed by atoms with E-state index in [1.807, 2.05) is 18.0 Å². The van der Waals surface area contributed by atoms with Crippen molar-refractivity contribution in [3.8, 4) is 0 Å². The number of halogens is 1. The summed E-state index contributed by atoms with van der Waals surface area (Å²) in [7, 11) is 0. The van der Waals surface area contributed by atoms with Gasteiger partial charge in [-0.25, -0.2) is 9.37 Å². The van der Waals surface area contributed by atoms with E-state index >= 15 is 0 Å². The fraction of sp³-hybridized carbons (Fsp3) is 0.524. The predicted molar refractivity (Wildman–Crippen MR) is 98.6 cm³/mol. The molecule has 0 bridgehead atoms. The Hall–Kier alpha value is -2.17. The number of rotatable bonds is 4. The van der Waals surface area contributed by atoms with Gasteiger partial charge in [-0.15, -0.1) is 0 Å². The molecule has 2 aromatic rings. The van der Waals surface area contributed by atoms with Gasteiger partial charge in [0.15, 0.2) is 0 Å². The van der Waals surface area contributed by atoms with Crippen molar-refractivity contribution in [3.63, 3.8) is 0 Å². The number of piperidine rings is 1. The highest BCUT2D eigenvalue weighted by molar-refractivity contribution is 5.95. The van der Waals surface area contributed by atoms with Crippen LogP contribution in [0.4, 0.5) is 4.39 Å². The van der Waals surface area contributed by atoms with Crippen LogP contribution in [0.15, 0.2) is 30.6 Å². The van der Waals surface area contributed by atoms with Gasteiger partial charge >= 0.3 is 0 Å². The molecule has 0 N–H and O–H groups in total. The summed E-state index contributed by atoms with van der Waals surface area (Å²) in [5.41, 5.74) is 1.30. The molecule has 0 unspecified atom stereocenters. The first kappa shape index (κ1) is 17.3. The molecule has 1 aliphatic carbocycles. The van der Waals surface area contributed by atoms with Crippen LogP contribution in [0.3, 0.4) is 0 Å². The molecule has 1 saturated heterocycles. The molecule has 26 heavy (non-hydrogen) atoms. The minimum Gasteiger partial charge on any atom is -0.338 e. The summed E-state index contributed by atoms with van der Waals surface area (Å²) in [6, 6.07) is 4.44. The van der Waals surface area contributed by atoms with Gasteiger partial charge in [-0.3, -0.25) is 4.79 Å². The van der Waals surface area contributed by atoms with Crippen molar-refractivity contribution in [3.05, 3.63) is 53.4 Å². The summed E-state index contributed by atoms with van der Waals surface area (Å²) in [5, 5.41) is 0. The van der Waals surface area contributed by atoms with Crippen LogP contribution < -0.4 is 0 Å². The number of carbonyl (C=O) groups excluding carboxylic acids is 1. The van der Waals surface area contributed by atoms with Crippen molar-refractivity contribution in [1.82, 2.24) is 14.5 Å². The van der Waals surface area contributed by atoms with Crippen LogP contribution in [-0.4, -0.2) is 33.4 Å². The van der Waals surface area contributed by atoms with Gasteiger partial charge in [0.1, 0.15) is 11.6 Å². The van der Waals surface area contributed by atoms with Gasteiger partial charge in [0.25, 0.3) is 5.91 Å². The van der Waals surface area contributed by atoms with Crippen LogP contribution in [0, 0.1) is 18.7 Å². The summed E-state index contributed by atoms with van der Waals surface area (Å²) in [6.07, 6.45) is 9.93. The van der Waals surface area contributed by atoms with Crippen molar-refractivity contribution in [1.29, 1.82) is 0 Å². The number of amides is 1. The monoisotopic (exact) mass is 355 g/mol. The lowest BCUT2D eigenvalue weighted by atomic mass is 9.85. The van der Waals surface area contributed by atoms with Gasteiger partial charge in [-0.1, -0.05) is 12.5 Å². The molecule has 2 aliphatic rings. The molecule has 1 aliphatic heterocycles. The molecule has 4 rings (SSSR count). The van der Waals surface area contributed by atoms with Gasteiger partial charge in [0.05, 0.1) is 0 Å². The third-order valence-corrected chi connectivity index (χ3v) is 5.93. The van der Waals surface area contributed by atoms with Crippen molar-refractivity contribution >= 4 is 5.91 Å². The summed E-state index contributed by atoms with van der Waals surface area (Å²) >= 11 is 0. The highest BCUT2D eigenvalue weighted by atomic mass is 19.1. The molecule has 1 amide bonds. The molecular weight excluding hydrogens is 329 g/mol.